The second-order valence-electron chi connectivity index (χ2n) is 3.38. The molecule has 9 heteroatoms. The fourth-order valence-corrected chi connectivity index (χ4v) is 2.33. The molecule has 0 aliphatic heterocycles. The average molecular weight is 272 g/mol. The topological polar surface area (TPSA) is 111 Å². The Bertz CT molecular complexity index is 683. The van der Waals surface area contributed by atoms with Crippen molar-refractivity contribution in [2.24, 2.45) is 0 Å². The number of sulfonamides is 1. The summed E-state index contributed by atoms with van der Waals surface area (Å²) < 4.78 is 43.9. The molecule has 0 saturated carbocycles. The van der Waals surface area contributed by atoms with Crippen LogP contribution in [0.3, 0.4) is 0 Å². The lowest BCUT2D eigenvalue weighted by atomic mass is 10.3. The third-order valence-corrected chi connectivity index (χ3v) is 3.43. The molecule has 1 aromatic carbocycles. The molecule has 0 saturated heterocycles. The quantitative estimate of drug-likeness (QED) is 0.803. The molecule has 1 heterocycles. The first-order chi connectivity index (χ1) is 8.40. The third-order valence-electron chi connectivity index (χ3n) is 2.05. The van der Waals surface area contributed by atoms with Crippen LogP contribution in [0.4, 0.5) is 16.1 Å². The van der Waals surface area contributed by atoms with Gasteiger partial charge in [-0.25, -0.2) is 17.5 Å². The highest BCUT2D eigenvalue weighted by Crippen LogP contribution is 2.23. The van der Waals surface area contributed by atoms with Crippen LogP contribution in [-0.2, 0) is 10.0 Å². The number of nitrogens with zero attached hydrogens (tertiary/aromatic N) is 2. The number of rotatable bonds is 3. The van der Waals surface area contributed by atoms with Crippen LogP contribution in [0.5, 0.6) is 0 Å². The number of nitrogens with one attached hydrogen (secondary N) is 1. The normalized spacial score (nSPS) is 11.4. The summed E-state index contributed by atoms with van der Waals surface area (Å²) in [7, 11) is -4.06. The Kier molecular flexibility index (Phi) is 2.91. The van der Waals surface area contributed by atoms with Crippen molar-refractivity contribution in [2.45, 2.75) is 11.8 Å². The van der Waals surface area contributed by atoms with E-state index < -0.39 is 26.4 Å². The molecule has 0 unspecified atom stereocenters. The summed E-state index contributed by atoms with van der Waals surface area (Å²) in [6, 6.07) is 3.16. The third kappa shape index (κ3) is 2.25. The number of para-hydroxylation sites is 1. The molecule has 7 nitrogen and oxygen atoms in total. The van der Waals surface area contributed by atoms with E-state index in [1.165, 1.54) is 19.1 Å². The van der Waals surface area contributed by atoms with Crippen molar-refractivity contribution in [2.75, 3.05) is 10.5 Å². The van der Waals surface area contributed by atoms with Crippen LogP contribution in [-0.4, -0.2) is 18.6 Å². The summed E-state index contributed by atoms with van der Waals surface area (Å²) in [5.41, 5.74) is 4.90. The van der Waals surface area contributed by atoms with E-state index in [9.17, 15) is 12.8 Å². The van der Waals surface area contributed by atoms with Gasteiger partial charge in [0.05, 0.1) is 5.69 Å². The first kappa shape index (κ1) is 12.3. The molecule has 2 aromatic rings. The zero-order chi connectivity index (χ0) is 13.3. The SMILES string of the molecule is Cc1nnc(NS(=O)(=O)c2cccc(F)c2N)o1. The smallest absolute Gasteiger partial charge is 0.329 e. The molecular weight excluding hydrogens is 263 g/mol. The van der Waals surface area contributed by atoms with E-state index in [1.807, 2.05) is 4.72 Å². The Morgan fingerprint density at radius 2 is 2.11 bits per heavy atom. The lowest BCUT2D eigenvalue weighted by Gasteiger charge is -2.07. The molecular formula is C9H9FN4O3S. The molecule has 18 heavy (non-hydrogen) atoms. The summed E-state index contributed by atoms with van der Waals surface area (Å²) in [5.74, 6) is -0.625. The largest absolute Gasteiger partial charge is 0.408 e. The number of hydrogen-bond donors (Lipinski definition) is 2. The van der Waals surface area contributed by atoms with Crippen molar-refractivity contribution in [1.29, 1.82) is 0 Å². The summed E-state index contributed by atoms with van der Waals surface area (Å²) in [4.78, 5) is -0.390. The van der Waals surface area contributed by atoms with Gasteiger partial charge < -0.3 is 10.2 Å². The number of benzene rings is 1. The highest BCUT2D eigenvalue weighted by molar-refractivity contribution is 7.92. The van der Waals surface area contributed by atoms with Gasteiger partial charge in [0.2, 0.25) is 5.89 Å². The molecule has 1 aromatic heterocycles. The van der Waals surface area contributed by atoms with Crippen LogP contribution in [0, 0.1) is 12.7 Å². The predicted octanol–water partition coefficient (Wildman–Crippen LogP) is 0.900. The number of aryl methyl sites for hydroxylation is 1. The van der Waals surface area contributed by atoms with E-state index in [-0.39, 0.29) is 11.9 Å². The molecule has 0 fully saturated rings. The molecule has 3 N–H and O–H groups in total. The number of halogens is 1. The molecule has 0 spiro atoms. The van der Waals surface area contributed by atoms with Crippen molar-refractivity contribution in [3.63, 3.8) is 0 Å². The van der Waals surface area contributed by atoms with Crippen molar-refractivity contribution in [1.82, 2.24) is 10.2 Å². The van der Waals surface area contributed by atoms with Crippen LogP contribution < -0.4 is 10.5 Å². The number of nitrogens with two attached hydrogens (primary N) is 1. The number of aromatic nitrogens is 2. The second-order valence-corrected chi connectivity index (χ2v) is 5.03. The average Bonchev–Trinajstić information content (AvgIpc) is 2.67. The minimum absolute atomic E-state index is 0.194. The lowest BCUT2D eigenvalue weighted by molar-refractivity contribution is 0.534. The molecule has 0 bridgehead atoms. The molecule has 0 aliphatic carbocycles. The monoisotopic (exact) mass is 272 g/mol. The maximum absolute atomic E-state index is 13.2. The van der Waals surface area contributed by atoms with Gasteiger partial charge in [0, 0.05) is 6.92 Å². The van der Waals surface area contributed by atoms with E-state index in [2.05, 4.69) is 10.2 Å². The van der Waals surface area contributed by atoms with Gasteiger partial charge in [0.25, 0.3) is 10.0 Å². The molecule has 2 rings (SSSR count). The van der Waals surface area contributed by atoms with Crippen LogP contribution >= 0.6 is 0 Å². The van der Waals surface area contributed by atoms with Gasteiger partial charge in [-0.1, -0.05) is 11.2 Å². The van der Waals surface area contributed by atoms with Crippen molar-refractivity contribution in [3.05, 3.63) is 29.9 Å². The van der Waals surface area contributed by atoms with Crippen molar-refractivity contribution < 1.29 is 17.2 Å². The fourth-order valence-electron chi connectivity index (χ4n) is 1.26. The van der Waals surface area contributed by atoms with Crippen LogP contribution in [0.25, 0.3) is 0 Å². The predicted molar refractivity (Wildman–Crippen MR) is 60.7 cm³/mol. The Labute approximate surface area is 102 Å². The number of hydrogen-bond acceptors (Lipinski definition) is 6. The lowest BCUT2D eigenvalue weighted by Crippen LogP contribution is -2.15. The van der Waals surface area contributed by atoms with E-state index in [0.29, 0.717) is 0 Å². The van der Waals surface area contributed by atoms with Gasteiger partial charge >= 0.3 is 6.01 Å². The molecule has 96 valence electrons. The Morgan fingerprint density at radius 3 is 2.72 bits per heavy atom. The van der Waals surface area contributed by atoms with Gasteiger partial charge in [-0.3, -0.25) is 0 Å². The fraction of sp³-hybridized carbons (Fsp3) is 0.111. The van der Waals surface area contributed by atoms with Gasteiger partial charge in [0.1, 0.15) is 10.7 Å². The number of nitrogen functional groups attached to an aromatic ring is 1. The zero-order valence-electron chi connectivity index (χ0n) is 9.21. The molecule has 0 amide bonds. The maximum atomic E-state index is 13.2. The van der Waals surface area contributed by atoms with Crippen LogP contribution in [0.2, 0.25) is 0 Å². The van der Waals surface area contributed by atoms with Gasteiger partial charge in [-0.05, 0) is 12.1 Å². The first-order valence-corrected chi connectivity index (χ1v) is 6.25. The van der Waals surface area contributed by atoms with Crippen LogP contribution in [0.15, 0.2) is 27.5 Å². The van der Waals surface area contributed by atoms with E-state index in [0.717, 1.165) is 6.07 Å². The molecule has 0 aliphatic rings. The summed E-state index contributed by atoms with van der Waals surface area (Å²) in [6.45, 7) is 1.50. The Balaban J connectivity index is 2.40. The first-order valence-electron chi connectivity index (χ1n) is 4.77. The standard InChI is InChI=1S/C9H9FN4O3S/c1-5-12-13-9(17-5)14-18(15,16)7-4-2-3-6(10)8(7)11/h2-4H,11H2,1H3,(H,13,14). The zero-order valence-corrected chi connectivity index (χ0v) is 10.0. The molecule has 0 radical (unpaired) electrons. The minimum Gasteiger partial charge on any atom is -0.408 e. The van der Waals surface area contributed by atoms with E-state index in [4.69, 9.17) is 10.2 Å². The highest BCUT2D eigenvalue weighted by atomic mass is 32.2. The summed E-state index contributed by atoms with van der Waals surface area (Å²) >= 11 is 0. The number of anilines is 2. The van der Waals surface area contributed by atoms with Crippen molar-refractivity contribution >= 4 is 21.7 Å². The van der Waals surface area contributed by atoms with Crippen molar-refractivity contribution in [3.8, 4) is 0 Å². The Morgan fingerprint density at radius 1 is 1.39 bits per heavy atom. The van der Waals surface area contributed by atoms with Gasteiger partial charge in [-0.15, -0.1) is 5.10 Å². The summed E-state index contributed by atoms with van der Waals surface area (Å²) in [6.07, 6.45) is 0. The van der Waals surface area contributed by atoms with E-state index in [1.54, 1.807) is 0 Å². The highest BCUT2D eigenvalue weighted by Gasteiger charge is 2.21. The maximum Gasteiger partial charge on any atom is 0.329 e. The minimum atomic E-state index is -4.06. The second kappa shape index (κ2) is 4.26. The van der Waals surface area contributed by atoms with Crippen LogP contribution in [0.1, 0.15) is 5.89 Å². The summed E-state index contributed by atoms with van der Waals surface area (Å²) in [5, 5.41) is 6.92. The van der Waals surface area contributed by atoms with Gasteiger partial charge in [-0.2, -0.15) is 0 Å². The van der Waals surface area contributed by atoms with Gasteiger partial charge in [0.15, 0.2) is 0 Å². The Hall–Kier alpha value is -2.16. The van der Waals surface area contributed by atoms with E-state index >= 15 is 0 Å². The molecule has 0 atom stereocenters.